The lowest BCUT2D eigenvalue weighted by atomic mass is 10.1. The van der Waals surface area contributed by atoms with Crippen molar-refractivity contribution < 1.29 is 17.9 Å². The molecule has 0 bridgehead atoms. The highest BCUT2D eigenvalue weighted by molar-refractivity contribution is 7.89. The van der Waals surface area contributed by atoms with Gasteiger partial charge in [0.1, 0.15) is 28.9 Å². The van der Waals surface area contributed by atoms with Crippen LogP contribution in [-0.4, -0.2) is 43.8 Å². The molecule has 7 nitrogen and oxygen atoms in total. The van der Waals surface area contributed by atoms with E-state index in [9.17, 15) is 8.42 Å². The van der Waals surface area contributed by atoms with Crippen LogP contribution in [0.25, 0.3) is 0 Å². The number of hydrogen-bond donors (Lipinski definition) is 0. The van der Waals surface area contributed by atoms with Gasteiger partial charge in [0.25, 0.3) is 0 Å². The van der Waals surface area contributed by atoms with Gasteiger partial charge in [-0.1, -0.05) is 0 Å². The fourth-order valence-electron chi connectivity index (χ4n) is 2.01. The Morgan fingerprint density at radius 3 is 2.39 bits per heavy atom. The number of nitrogens with zero attached hydrogens (tertiary/aromatic N) is 3. The van der Waals surface area contributed by atoms with Crippen molar-refractivity contribution in [2.45, 2.75) is 12.2 Å². The lowest BCUT2D eigenvalue weighted by Crippen LogP contribution is -2.09. The highest BCUT2D eigenvalue weighted by atomic mass is 35.5. The number of benzene rings is 1. The van der Waals surface area contributed by atoms with Gasteiger partial charge in [0.05, 0.1) is 14.2 Å². The van der Waals surface area contributed by atoms with Gasteiger partial charge in [-0.3, -0.25) is 0 Å². The molecule has 0 unspecified atom stereocenters. The van der Waals surface area contributed by atoms with E-state index in [1.807, 2.05) is 0 Å². The largest absolute Gasteiger partial charge is 0.497 e. The summed E-state index contributed by atoms with van der Waals surface area (Å²) in [6.45, 7) is 0. The first-order chi connectivity index (χ1) is 10.8. The lowest BCUT2D eigenvalue weighted by molar-refractivity contribution is 0.399. The summed E-state index contributed by atoms with van der Waals surface area (Å²) >= 11 is 5.86. The summed E-state index contributed by atoms with van der Waals surface area (Å²) < 4.78 is 33.3. The minimum atomic E-state index is -3.26. The molecular formula is C14H16ClN3O4S. The molecule has 124 valence electrons. The van der Waals surface area contributed by atoms with E-state index in [4.69, 9.17) is 21.1 Å². The highest BCUT2D eigenvalue weighted by Gasteiger charge is 2.13. The maximum absolute atomic E-state index is 11.4. The van der Waals surface area contributed by atoms with Crippen LogP contribution in [0.4, 0.5) is 0 Å². The number of methoxy groups -OCH3 is 2. The van der Waals surface area contributed by atoms with Gasteiger partial charge in [0.2, 0.25) is 5.28 Å². The molecular weight excluding hydrogens is 342 g/mol. The van der Waals surface area contributed by atoms with Gasteiger partial charge >= 0.3 is 0 Å². The number of sulfone groups is 1. The Hall–Kier alpha value is -1.93. The molecule has 2 rings (SSSR count). The number of rotatable bonds is 6. The molecule has 23 heavy (non-hydrogen) atoms. The zero-order chi connectivity index (χ0) is 17.0. The van der Waals surface area contributed by atoms with Crippen LogP contribution in [0.5, 0.6) is 11.5 Å². The molecule has 0 amide bonds. The summed E-state index contributed by atoms with van der Waals surface area (Å²) in [7, 11) is -0.142. The first-order valence-electron chi connectivity index (χ1n) is 6.58. The van der Waals surface area contributed by atoms with Gasteiger partial charge in [0, 0.05) is 18.2 Å². The van der Waals surface area contributed by atoms with Crippen molar-refractivity contribution in [3.05, 3.63) is 40.7 Å². The van der Waals surface area contributed by atoms with Gasteiger partial charge in [0.15, 0.2) is 9.84 Å². The van der Waals surface area contributed by atoms with Crippen molar-refractivity contribution in [2.75, 3.05) is 20.5 Å². The molecule has 9 heteroatoms. The van der Waals surface area contributed by atoms with Crippen molar-refractivity contribution in [2.24, 2.45) is 0 Å². The SMILES string of the molecule is COc1ccc(OC)c(Cc2nc(Cl)nc(CS(C)(=O)=O)n2)c1. The van der Waals surface area contributed by atoms with Crippen LogP contribution in [0, 0.1) is 0 Å². The van der Waals surface area contributed by atoms with Crippen LogP contribution >= 0.6 is 11.6 Å². The number of halogens is 1. The van der Waals surface area contributed by atoms with E-state index in [2.05, 4.69) is 15.0 Å². The third-order valence-corrected chi connectivity index (χ3v) is 3.88. The average Bonchev–Trinajstić information content (AvgIpc) is 2.44. The topological polar surface area (TPSA) is 91.3 Å². The molecule has 0 radical (unpaired) electrons. The molecule has 0 aliphatic rings. The third-order valence-electron chi connectivity index (χ3n) is 2.93. The van der Waals surface area contributed by atoms with Crippen molar-refractivity contribution in [3.8, 4) is 11.5 Å². The van der Waals surface area contributed by atoms with Gasteiger partial charge < -0.3 is 9.47 Å². The normalized spacial score (nSPS) is 11.3. The summed E-state index contributed by atoms with van der Waals surface area (Å²) in [5.74, 6) is 1.49. The summed E-state index contributed by atoms with van der Waals surface area (Å²) in [6.07, 6.45) is 1.41. The average molecular weight is 358 g/mol. The lowest BCUT2D eigenvalue weighted by Gasteiger charge is -2.10. The molecule has 0 saturated carbocycles. The molecule has 0 N–H and O–H groups in total. The second-order valence-electron chi connectivity index (χ2n) is 4.86. The second-order valence-corrected chi connectivity index (χ2v) is 7.34. The fraction of sp³-hybridized carbons (Fsp3) is 0.357. The van der Waals surface area contributed by atoms with Crippen LogP contribution in [0.1, 0.15) is 17.2 Å². The molecule has 0 atom stereocenters. The smallest absolute Gasteiger partial charge is 0.225 e. The number of aromatic nitrogens is 3. The van der Waals surface area contributed by atoms with E-state index in [1.165, 1.54) is 0 Å². The Kier molecular flexibility index (Phi) is 5.38. The molecule has 1 heterocycles. The maximum atomic E-state index is 11.4. The Bertz CT molecular complexity index is 812. The van der Waals surface area contributed by atoms with E-state index in [0.29, 0.717) is 23.7 Å². The van der Waals surface area contributed by atoms with Gasteiger partial charge in [-0.05, 0) is 29.8 Å². The quantitative estimate of drug-likeness (QED) is 0.776. The monoisotopic (exact) mass is 357 g/mol. The van der Waals surface area contributed by atoms with E-state index in [-0.39, 0.29) is 16.9 Å². The summed E-state index contributed by atoms with van der Waals surface area (Å²) in [6, 6.07) is 5.35. The maximum Gasteiger partial charge on any atom is 0.225 e. The number of hydrogen-bond acceptors (Lipinski definition) is 7. The molecule has 1 aromatic carbocycles. The predicted octanol–water partition coefficient (Wildman–Crippen LogP) is 1.68. The van der Waals surface area contributed by atoms with Crippen molar-refractivity contribution >= 4 is 21.4 Å². The van der Waals surface area contributed by atoms with E-state index < -0.39 is 9.84 Å². The first-order valence-corrected chi connectivity index (χ1v) is 9.02. The fourth-order valence-corrected chi connectivity index (χ4v) is 2.80. The zero-order valence-electron chi connectivity index (χ0n) is 12.9. The standard InChI is InChI=1S/C14H16ClN3O4S/c1-21-10-4-5-11(22-2)9(6-10)7-12-16-13(8-23(3,19)20)18-14(15)17-12/h4-6H,7-8H2,1-3H3. The summed E-state index contributed by atoms with van der Waals surface area (Å²) in [5.41, 5.74) is 0.791. The molecule has 0 saturated heterocycles. The minimum absolute atomic E-state index is 0.0458. The highest BCUT2D eigenvalue weighted by Crippen LogP contribution is 2.25. The van der Waals surface area contributed by atoms with Crippen LogP contribution < -0.4 is 9.47 Å². The summed E-state index contributed by atoms with van der Waals surface area (Å²) in [4.78, 5) is 12.1. The predicted molar refractivity (Wildman–Crippen MR) is 85.7 cm³/mol. The van der Waals surface area contributed by atoms with E-state index in [0.717, 1.165) is 11.8 Å². The number of ether oxygens (including phenoxy) is 2. The van der Waals surface area contributed by atoms with Gasteiger partial charge in [-0.25, -0.2) is 23.4 Å². The van der Waals surface area contributed by atoms with Crippen LogP contribution in [-0.2, 0) is 22.0 Å². The zero-order valence-corrected chi connectivity index (χ0v) is 14.5. The van der Waals surface area contributed by atoms with Crippen molar-refractivity contribution in [3.63, 3.8) is 0 Å². The van der Waals surface area contributed by atoms with Crippen LogP contribution in [0.15, 0.2) is 18.2 Å². The molecule has 1 aromatic heterocycles. The minimum Gasteiger partial charge on any atom is -0.497 e. The van der Waals surface area contributed by atoms with Gasteiger partial charge in [-0.2, -0.15) is 0 Å². The van der Waals surface area contributed by atoms with Crippen molar-refractivity contribution in [1.29, 1.82) is 0 Å². The van der Waals surface area contributed by atoms with Crippen LogP contribution in [0.2, 0.25) is 5.28 Å². The summed E-state index contributed by atoms with van der Waals surface area (Å²) in [5, 5.41) is -0.0458. The Balaban J connectivity index is 2.36. The molecule has 0 fully saturated rings. The van der Waals surface area contributed by atoms with Crippen molar-refractivity contribution in [1.82, 2.24) is 15.0 Å². The van der Waals surface area contributed by atoms with Crippen LogP contribution in [0.3, 0.4) is 0 Å². The second kappa shape index (κ2) is 7.10. The molecule has 0 aliphatic heterocycles. The Morgan fingerprint density at radius 2 is 1.78 bits per heavy atom. The molecule has 0 aliphatic carbocycles. The van der Waals surface area contributed by atoms with Gasteiger partial charge in [-0.15, -0.1) is 0 Å². The molecule has 2 aromatic rings. The first kappa shape index (κ1) is 17.4. The van der Waals surface area contributed by atoms with E-state index in [1.54, 1.807) is 32.4 Å². The molecule has 0 spiro atoms. The Morgan fingerprint density at radius 1 is 1.09 bits per heavy atom. The third kappa shape index (κ3) is 5.04. The van der Waals surface area contributed by atoms with E-state index >= 15 is 0 Å². The Labute approximate surface area is 139 Å².